The molecule has 0 aliphatic rings. The quantitative estimate of drug-likeness (QED) is 0.625. The van der Waals surface area contributed by atoms with Crippen LogP contribution in [0.2, 0.25) is 0 Å². The molecule has 1 aromatic carbocycles. The molecule has 0 aliphatic carbocycles. The molecule has 0 spiro atoms. The number of amides is 2. The van der Waals surface area contributed by atoms with E-state index in [1.807, 2.05) is 13.8 Å². The Morgan fingerprint density at radius 2 is 1.90 bits per heavy atom. The molecule has 0 fully saturated rings. The van der Waals surface area contributed by atoms with Crippen LogP contribution in [-0.4, -0.2) is 41.4 Å². The van der Waals surface area contributed by atoms with E-state index in [2.05, 4.69) is 20.4 Å². The molecule has 2 N–H and O–H groups in total. The average molecular weight is 427 g/mol. The zero-order valence-corrected chi connectivity index (χ0v) is 16.6. The standard InChI is InChI=1S/C19H20F3N3O3S/c1-12(2)24-16(26)10-29-15-6-4-3-5-14(15)18(27)25-13-7-8-17(23-9-13)28-11-19(20,21)22/h3-9,12H,10-11H2,1-2H3,(H,24,26)(H,25,27). The first-order valence-corrected chi connectivity index (χ1v) is 9.61. The van der Waals surface area contributed by atoms with Crippen molar-refractivity contribution < 1.29 is 27.5 Å². The van der Waals surface area contributed by atoms with Crippen molar-refractivity contribution in [2.75, 3.05) is 17.7 Å². The number of carbonyl (C=O) groups excluding carboxylic acids is 2. The van der Waals surface area contributed by atoms with Gasteiger partial charge in [0, 0.05) is 17.0 Å². The maximum Gasteiger partial charge on any atom is 0.422 e. The smallest absolute Gasteiger partial charge is 0.422 e. The number of carbonyl (C=O) groups is 2. The Bertz CT molecular complexity index is 843. The second-order valence-corrected chi connectivity index (χ2v) is 7.27. The van der Waals surface area contributed by atoms with Crippen molar-refractivity contribution in [1.82, 2.24) is 10.3 Å². The molecule has 0 bridgehead atoms. The summed E-state index contributed by atoms with van der Waals surface area (Å²) in [5.74, 6) is -0.607. The van der Waals surface area contributed by atoms with E-state index in [4.69, 9.17) is 0 Å². The first-order valence-electron chi connectivity index (χ1n) is 8.62. The lowest BCUT2D eigenvalue weighted by Gasteiger charge is -2.12. The number of thioether (sulfide) groups is 1. The van der Waals surface area contributed by atoms with Gasteiger partial charge >= 0.3 is 6.18 Å². The lowest BCUT2D eigenvalue weighted by atomic mass is 10.2. The van der Waals surface area contributed by atoms with E-state index < -0.39 is 18.7 Å². The number of pyridine rings is 1. The number of alkyl halides is 3. The third-order valence-corrected chi connectivity index (χ3v) is 4.39. The van der Waals surface area contributed by atoms with E-state index in [1.54, 1.807) is 24.3 Å². The van der Waals surface area contributed by atoms with Gasteiger partial charge in [-0.05, 0) is 32.0 Å². The molecule has 156 valence electrons. The van der Waals surface area contributed by atoms with Crippen molar-refractivity contribution in [1.29, 1.82) is 0 Å². The van der Waals surface area contributed by atoms with Crippen LogP contribution >= 0.6 is 11.8 Å². The second-order valence-electron chi connectivity index (χ2n) is 6.25. The Morgan fingerprint density at radius 3 is 2.52 bits per heavy atom. The number of ether oxygens (including phenoxy) is 1. The van der Waals surface area contributed by atoms with Crippen LogP contribution in [0.25, 0.3) is 0 Å². The van der Waals surface area contributed by atoms with Crippen LogP contribution in [0.4, 0.5) is 18.9 Å². The topological polar surface area (TPSA) is 80.3 Å². The van der Waals surface area contributed by atoms with Gasteiger partial charge in [0.2, 0.25) is 11.8 Å². The fourth-order valence-corrected chi connectivity index (χ4v) is 3.04. The summed E-state index contributed by atoms with van der Waals surface area (Å²) in [7, 11) is 0. The fourth-order valence-electron chi connectivity index (χ4n) is 2.18. The predicted molar refractivity (Wildman–Crippen MR) is 104 cm³/mol. The highest BCUT2D eigenvalue weighted by Gasteiger charge is 2.28. The minimum atomic E-state index is -4.46. The maximum absolute atomic E-state index is 12.6. The van der Waals surface area contributed by atoms with Crippen LogP contribution < -0.4 is 15.4 Å². The number of anilines is 1. The number of aromatic nitrogens is 1. The van der Waals surface area contributed by atoms with E-state index in [-0.39, 0.29) is 23.6 Å². The van der Waals surface area contributed by atoms with Crippen LogP contribution in [0.3, 0.4) is 0 Å². The van der Waals surface area contributed by atoms with Gasteiger partial charge in [-0.25, -0.2) is 4.98 Å². The van der Waals surface area contributed by atoms with Crippen LogP contribution in [0.15, 0.2) is 47.5 Å². The highest BCUT2D eigenvalue weighted by atomic mass is 32.2. The van der Waals surface area contributed by atoms with Crippen molar-refractivity contribution in [3.05, 3.63) is 48.2 Å². The van der Waals surface area contributed by atoms with Crippen molar-refractivity contribution in [3.63, 3.8) is 0 Å². The molecule has 6 nitrogen and oxygen atoms in total. The average Bonchev–Trinajstić information content (AvgIpc) is 2.65. The van der Waals surface area contributed by atoms with E-state index in [1.165, 1.54) is 30.1 Å². The van der Waals surface area contributed by atoms with Crippen molar-refractivity contribution in [3.8, 4) is 5.88 Å². The predicted octanol–water partition coefficient (Wildman–Crippen LogP) is 3.89. The number of rotatable bonds is 8. The number of nitrogens with one attached hydrogen (secondary N) is 2. The molecule has 0 saturated carbocycles. The molecule has 0 saturated heterocycles. The summed E-state index contributed by atoms with van der Waals surface area (Å²) in [4.78, 5) is 28.8. The monoisotopic (exact) mass is 427 g/mol. The molecule has 0 unspecified atom stereocenters. The van der Waals surface area contributed by atoms with Crippen LogP contribution in [-0.2, 0) is 4.79 Å². The van der Waals surface area contributed by atoms with Crippen LogP contribution in [0, 0.1) is 0 Å². The molecule has 29 heavy (non-hydrogen) atoms. The SMILES string of the molecule is CC(C)NC(=O)CSc1ccccc1C(=O)Nc1ccc(OCC(F)(F)F)nc1. The third-order valence-electron chi connectivity index (χ3n) is 3.32. The van der Waals surface area contributed by atoms with Gasteiger partial charge in [0.05, 0.1) is 23.2 Å². The Hall–Kier alpha value is -2.75. The summed E-state index contributed by atoms with van der Waals surface area (Å²) in [6.07, 6.45) is -3.25. The van der Waals surface area contributed by atoms with Crippen molar-refractivity contribution in [2.24, 2.45) is 0 Å². The lowest BCUT2D eigenvalue weighted by molar-refractivity contribution is -0.154. The number of hydrogen-bond donors (Lipinski definition) is 2. The molecular formula is C19H20F3N3O3S. The van der Waals surface area contributed by atoms with Gasteiger partial charge < -0.3 is 15.4 Å². The largest absolute Gasteiger partial charge is 0.468 e. The molecule has 1 aromatic heterocycles. The van der Waals surface area contributed by atoms with Gasteiger partial charge in [-0.3, -0.25) is 9.59 Å². The molecule has 0 atom stereocenters. The van der Waals surface area contributed by atoms with Crippen LogP contribution in [0.5, 0.6) is 5.88 Å². The lowest BCUT2D eigenvalue weighted by Crippen LogP contribution is -2.31. The summed E-state index contributed by atoms with van der Waals surface area (Å²) in [6, 6.07) is 9.45. The normalized spacial score (nSPS) is 11.2. The van der Waals surface area contributed by atoms with Crippen LogP contribution in [0.1, 0.15) is 24.2 Å². The first-order chi connectivity index (χ1) is 13.6. The summed E-state index contributed by atoms with van der Waals surface area (Å²) in [5, 5.41) is 5.40. The number of nitrogens with zero attached hydrogens (tertiary/aromatic N) is 1. The van der Waals surface area contributed by atoms with E-state index in [9.17, 15) is 22.8 Å². The highest BCUT2D eigenvalue weighted by Crippen LogP contribution is 2.24. The van der Waals surface area contributed by atoms with E-state index in [0.717, 1.165) is 0 Å². The molecule has 2 aromatic rings. The third kappa shape index (κ3) is 8.02. The minimum absolute atomic E-state index is 0.0252. The molecular weight excluding hydrogens is 407 g/mol. The summed E-state index contributed by atoms with van der Waals surface area (Å²) in [5.41, 5.74) is 0.666. The fraction of sp³-hybridized carbons (Fsp3) is 0.316. The van der Waals surface area contributed by atoms with Crippen molar-refractivity contribution >= 4 is 29.3 Å². The molecule has 2 rings (SSSR count). The van der Waals surface area contributed by atoms with Gasteiger partial charge in [-0.15, -0.1) is 11.8 Å². The number of halogens is 3. The molecule has 0 aliphatic heterocycles. The Kier molecular flexibility index (Phi) is 7.89. The number of benzene rings is 1. The molecule has 1 heterocycles. The summed E-state index contributed by atoms with van der Waals surface area (Å²) < 4.78 is 41.0. The van der Waals surface area contributed by atoms with Crippen molar-refractivity contribution in [2.45, 2.75) is 31.0 Å². The summed E-state index contributed by atoms with van der Waals surface area (Å²) in [6.45, 7) is 2.27. The van der Waals surface area contributed by atoms with Gasteiger partial charge in [0.1, 0.15) is 0 Å². The van der Waals surface area contributed by atoms with Gasteiger partial charge in [-0.1, -0.05) is 12.1 Å². The Balaban J connectivity index is 1.99. The Labute approximate surface area is 170 Å². The maximum atomic E-state index is 12.6. The Morgan fingerprint density at radius 1 is 1.17 bits per heavy atom. The van der Waals surface area contributed by atoms with Gasteiger partial charge in [0.15, 0.2) is 6.61 Å². The minimum Gasteiger partial charge on any atom is -0.468 e. The molecule has 2 amide bonds. The highest BCUT2D eigenvalue weighted by molar-refractivity contribution is 8.00. The zero-order chi connectivity index (χ0) is 21.4. The first kappa shape index (κ1) is 22.5. The van der Waals surface area contributed by atoms with E-state index in [0.29, 0.717) is 16.1 Å². The second kappa shape index (κ2) is 10.1. The molecule has 10 heteroatoms. The zero-order valence-electron chi connectivity index (χ0n) is 15.7. The summed E-state index contributed by atoms with van der Waals surface area (Å²) >= 11 is 1.23. The van der Waals surface area contributed by atoms with E-state index >= 15 is 0 Å². The number of hydrogen-bond acceptors (Lipinski definition) is 5. The molecule has 0 radical (unpaired) electrons. The van der Waals surface area contributed by atoms with Gasteiger partial charge in [-0.2, -0.15) is 13.2 Å². The van der Waals surface area contributed by atoms with Gasteiger partial charge in [0.25, 0.3) is 5.91 Å².